The van der Waals surface area contributed by atoms with Gasteiger partial charge in [0.25, 0.3) is 5.56 Å². The third kappa shape index (κ3) is 4.86. The van der Waals surface area contributed by atoms with Gasteiger partial charge < -0.3 is 19.4 Å². The first-order valence-electron chi connectivity index (χ1n) is 8.40. The van der Waals surface area contributed by atoms with Gasteiger partial charge >= 0.3 is 0 Å². The lowest BCUT2D eigenvalue weighted by atomic mass is 10.0. The minimum atomic E-state index is -0.145. The standard InChI is InChI=1S/C16H24N4O4/c21-15-8-14(17-12-18-15)7-13-9-19(1-4-24-11-13)10-16(22)20-2-5-23-6-3-20/h8,12-13H,1-7,9-11H2,(H,17,18,21)/t13-/m0/s1. The van der Waals surface area contributed by atoms with Crippen LogP contribution < -0.4 is 5.56 Å². The summed E-state index contributed by atoms with van der Waals surface area (Å²) < 4.78 is 11.0. The van der Waals surface area contributed by atoms with Gasteiger partial charge in [0.1, 0.15) is 0 Å². The summed E-state index contributed by atoms with van der Waals surface area (Å²) in [5.41, 5.74) is 0.614. The quantitative estimate of drug-likeness (QED) is 0.768. The smallest absolute Gasteiger partial charge is 0.250 e. The van der Waals surface area contributed by atoms with Gasteiger partial charge in [0.05, 0.1) is 39.3 Å². The summed E-state index contributed by atoms with van der Waals surface area (Å²) in [6, 6.07) is 1.52. The number of carbonyl (C=O) groups excluding carboxylic acids is 1. The number of ether oxygens (including phenoxy) is 2. The number of nitrogens with one attached hydrogen (secondary N) is 1. The van der Waals surface area contributed by atoms with Crippen molar-refractivity contribution in [3.63, 3.8) is 0 Å². The molecule has 1 aromatic rings. The molecule has 2 aliphatic rings. The second kappa shape index (κ2) is 8.36. The van der Waals surface area contributed by atoms with Crippen LogP contribution in [-0.4, -0.2) is 84.8 Å². The van der Waals surface area contributed by atoms with Gasteiger partial charge in [-0.3, -0.25) is 14.5 Å². The molecule has 2 saturated heterocycles. The van der Waals surface area contributed by atoms with Gasteiger partial charge in [-0.1, -0.05) is 0 Å². The molecular formula is C16H24N4O4. The number of H-pyrrole nitrogens is 1. The summed E-state index contributed by atoms with van der Waals surface area (Å²) in [6.07, 6.45) is 2.10. The monoisotopic (exact) mass is 336 g/mol. The lowest BCUT2D eigenvalue weighted by Gasteiger charge is -2.30. The molecule has 132 valence electrons. The molecule has 1 N–H and O–H groups in total. The first-order valence-corrected chi connectivity index (χ1v) is 8.40. The molecule has 8 nitrogen and oxygen atoms in total. The number of aromatic nitrogens is 2. The van der Waals surface area contributed by atoms with Crippen molar-refractivity contribution in [1.82, 2.24) is 19.8 Å². The molecule has 0 saturated carbocycles. The van der Waals surface area contributed by atoms with E-state index in [1.807, 2.05) is 4.90 Å². The van der Waals surface area contributed by atoms with Crippen LogP contribution in [0.25, 0.3) is 0 Å². The zero-order valence-electron chi connectivity index (χ0n) is 13.8. The van der Waals surface area contributed by atoms with E-state index in [1.165, 1.54) is 12.4 Å². The summed E-state index contributed by atoms with van der Waals surface area (Å²) >= 11 is 0. The van der Waals surface area contributed by atoms with Crippen LogP contribution in [0.5, 0.6) is 0 Å². The predicted octanol–water partition coefficient (Wildman–Crippen LogP) is -0.880. The molecule has 0 spiro atoms. The normalized spacial score (nSPS) is 23.0. The number of hydrogen-bond donors (Lipinski definition) is 1. The first-order chi connectivity index (χ1) is 11.7. The van der Waals surface area contributed by atoms with E-state index in [2.05, 4.69) is 14.9 Å². The van der Waals surface area contributed by atoms with Crippen LogP contribution in [-0.2, 0) is 20.7 Å². The van der Waals surface area contributed by atoms with E-state index in [4.69, 9.17) is 9.47 Å². The lowest BCUT2D eigenvalue weighted by molar-refractivity contribution is -0.136. The highest BCUT2D eigenvalue weighted by molar-refractivity contribution is 5.78. The topological polar surface area (TPSA) is 87.8 Å². The van der Waals surface area contributed by atoms with Crippen LogP contribution in [0.15, 0.2) is 17.2 Å². The SMILES string of the molecule is O=C(CN1CCOC[C@@H](Cc2cc(=O)[nH]cn2)C1)N1CCOCC1. The third-order valence-electron chi connectivity index (χ3n) is 4.38. The number of nitrogens with zero attached hydrogens (tertiary/aromatic N) is 3. The maximum atomic E-state index is 12.4. The number of morpholine rings is 1. The third-order valence-corrected chi connectivity index (χ3v) is 4.38. The van der Waals surface area contributed by atoms with Crippen molar-refractivity contribution < 1.29 is 14.3 Å². The molecule has 24 heavy (non-hydrogen) atoms. The fraction of sp³-hybridized carbons (Fsp3) is 0.688. The average molecular weight is 336 g/mol. The van der Waals surface area contributed by atoms with Crippen molar-refractivity contribution in [2.24, 2.45) is 5.92 Å². The molecule has 0 aliphatic carbocycles. The van der Waals surface area contributed by atoms with Crippen molar-refractivity contribution in [2.75, 3.05) is 59.2 Å². The Hall–Kier alpha value is -1.77. The Morgan fingerprint density at radius 3 is 2.83 bits per heavy atom. The number of hydrogen-bond acceptors (Lipinski definition) is 6. The van der Waals surface area contributed by atoms with Gasteiger partial charge in [-0.25, -0.2) is 4.98 Å². The van der Waals surface area contributed by atoms with E-state index in [-0.39, 0.29) is 17.4 Å². The van der Waals surface area contributed by atoms with Crippen LogP contribution in [0.4, 0.5) is 0 Å². The number of aromatic amines is 1. The van der Waals surface area contributed by atoms with E-state index in [1.54, 1.807) is 0 Å². The van der Waals surface area contributed by atoms with E-state index >= 15 is 0 Å². The minimum Gasteiger partial charge on any atom is -0.380 e. The Balaban J connectivity index is 1.55. The maximum Gasteiger partial charge on any atom is 0.250 e. The molecule has 3 heterocycles. The van der Waals surface area contributed by atoms with Crippen molar-refractivity contribution >= 4 is 5.91 Å². The van der Waals surface area contributed by atoms with Crippen LogP contribution in [0, 0.1) is 5.92 Å². The zero-order chi connectivity index (χ0) is 16.8. The Labute approximate surface area is 140 Å². The second-order valence-corrected chi connectivity index (χ2v) is 6.28. The Morgan fingerprint density at radius 2 is 2.04 bits per heavy atom. The van der Waals surface area contributed by atoms with Gasteiger partial charge in [-0.15, -0.1) is 0 Å². The Bertz CT molecular complexity index is 600. The van der Waals surface area contributed by atoms with Crippen LogP contribution in [0.3, 0.4) is 0 Å². The van der Waals surface area contributed by atoms with Crippen molar-refractivity contribution in [3.8, 4) is 0 Å². The predicted molar refractivity (Wildman–Crippen MR) is 86.7 cm³/mol. The highest BCUT2D eigenvalue weighted by atomic mass is 16.5. The maximum absolute atomic E-state index is 12.4. The summed E-state index contributed by atoms with van der Waals surface area (Å²) in [4.78, 5) is 34.5. The van der Waals surface area contributed by atoms with E-state index < -0.39 is 0 Å². The summed E-state index contributed by atoms with van der Waals surface area (Å²) in [5, 5.41) is 0. The fourth-order valence-corrected chi connectivity index (χ4v) is 3.14. The number of rotatable bonds is 4. The molecule has 1 aromatic heterocycles. The number of carbonyl (C=O) groups is 1. The summed E-state index contributed by atoms with van der Waals surface area (Å²) in [6.45, 7) is 5.74. The number of amides is 1. The molecule has 3 rings (SSSR count). The van der Waals surface area contributed by atoms with Crippen molar-refractivity contribution in [3.05, 3.63) is 28.4 Å². The van der Waals surface area contributed by atoms with Crippen molar-refractivity contribution in [1.29, 1.82) is 0 Å². The molecule has 0 radical (unpaired) electrons. The lowest BCUT2D eigenvalue weighted by Crippen LogP contribution is -2.46. The second-order valence-electron chi connectivity index (χ2n) is 6.28. The molecule has 2 fully saturated rings. The van der Waals surface area contributed by atoms with Gasteiger partial charge in [0, 0.05) is 43.9 Å². The fourth-order valence-electron chi connectivity index (χ4n) is 3.14. The molecule has 0 aromatic carbocycles. The highest BCUT2D eigenvalue weighted by Gasteiger charge is 2.24. The molecule has 0 bridgehead atoms. The van der Waals surface area contributed by atoms with E-state index in [0.29, 0.717) is 52.5 Å². The van der Waals surface area contributed by atoms with Crippen molar-refractivity contribution in [2.45, 2.75) is 6.42 Å². The molecule has 1 atom stereocenters. The van der Waals surface area contributed by atoms with Gasteiger partial charge in [-0.05, 0) is 6.42 Å². The van der Waals surface area contributed by atoms with Gasteiger partial charge in [0.15, 0.2) is 0 Å². The van der Waals surface area contributed by atoms with E-state index in [0.717, 1.165) is 18.8 Å². The summed E-state index contributed by atoms with van der Waals surface area (Å²) in [7, 11) is 0. The molecular weight excluding hydrogens is 312 g/mol. The van der Waals surface area contributed by atoms with Crippen LogP contribution in [0.2, 0.25) is 0 Å². The van der Waals surface area contributed by atoms with Crippen LogP contribution >= 0.6 is 0 Å². The van der Waals surface area contributed by atoms with Crippen LogP contribution in [0.1, 0.15) is 5.69 Å². The highest BCUT2D eigenvalue weighted by Crippen LogP contribution is 2.12. The average Bonchev–Trinajstić information content (AvgIpc) is 2.80. The Kier molecular flexibility index (Phi) is 5.95. The molecule has 8 heteroatoms. The van der Waals surface area contributed by atoms with Gasteiger partial charge in [-0.2, -0.15) is 0 Å². The largest absolute Gasteiger partial charge is 0.380 e. The molecule has 2 aliphatic heterocycles. The zero-order valence-corrected chi connectivity index (χ0v) is 13.8. The summed E-state index contributed by atoms with van der Waals surface area (Å²) in [5.74, 6) is 0.368. The minimum absolute atomic E-state index is 0.145. The van der Waals surface area contributed by atoms with Gasteiger partial charge in [0.2, 0.25) is 5.91 Å². The first kappa shape index (κ1) is 17.1. The molecule has 1 amide bonds. The molecule has 0 unspecified atom stereocenters. The van der Waals surface area contributed by atoms with E-state index in [9.17, 15) is 9.59 Å². The Morgan fingerprint density at radius 1 is 1.25 bits per heavy atom.